The van der Waals surface area contributed by atoms with Gasteiger partial charge in [-0.2, -0.15) is 5.10 Å². The number of amides is 1. The Labute approximate surface area is 93.6 Å². The summed E-state index contributed by atoms with van der Waals surface area (Å²) in [6.45, 7) is 3.10. The summed E-state index contributed by atoms with van der Waals surface area (Å²) in [7, 11) is 0. The summed E-state index contributed by atoms with van der Waals surface area (Å²) < 4.78 is 1.84. The van der Waals surface area contributed by atoms with E-state index in [9.17, 15) is 4.79 Å². The molecule has 2 heterocycles. The third kappa shape index (κ3) is 1.81. The number of nitrogens with zero attached hydrogens (tertiary/aromatic N) is 3. The van der Waals surface area contributed by atoms with Gasteiger partial charge in [0.05, 0.1) is 37.6 Å². The third-order valence-electron chi connectivity index (χ3n) is 2.87. The van der Waals surface area contributed by atoms with Crippen molar-refractivity contribution in [3.63, 3.8) is 0 Å². The van der Waals surface area contributed by atoms with Gasteiger partial charge in [-0.15, -0.1) is 0 Å². The van der Waals surface area contributed by atoms with Crippen LogP contribution in [0.15, 0.2) is 6.07 Å². The summed E-state index contributed by atoms with van der Waals surface area (Å²) in [4.78, 5) is 13.3. The second kappa shape index (κ2) is 4.23. The number of rotatable bonds is 2. The van der Waals surface area contributed by atoms with Crippen LogP contribution in [0, 0.1) is 0 Å². The van der Waals surface area contributed by atoms with E-state index in [0.717, 1.165) is 5.69 Å². The normalized spacial score (nSPS) is 19.7. The number of aliphatic hydroxyl groups is 1. The first-order valence-electron chi connectivity index (χ1n) is 5.31. The lowest BCUT2D eigenvalue weighted by Crippen LogP contribution is -2.47. The molecule has 0 saturated carbocycles. The van der Waals surface area contributed by atoms with Gasteiger partial charge in [0.25, 0.3) is 0 Å². The van der Waals surface area contributed by atoms with E-state index in [2.05, 4.69) is 5.10 Å². The van der Waals surface area contributed by atoms with Crippen LogP contribution in [0.3, 0.4) is 0 Å². The zero-order chi connectivity index (χ0) is 11.7. The Morgan fingerprint density at radius 1 is 1.75 bits per heavy atom. The van der Waals surface area contributed by atoms with Gasteiger partial charge in [0.15, 0.2) is 0 Å². The maximum atomic E-state index is 11.6. The van der Waals surface area contributed by atoms with Crippen LogP contribution in [0.5, 0.6) is 0 Å². The molecule has 2 rings (SSSR count). The van der Waals surface area contributed by atoms with Crippen LogP contribution >= 0.6 is 0 Å². The topological polar surface area (TPSA) is 84.4 Å². The van der Waals surface area contributed by atoms with Crippen LogP contribution in [0.2, 0.25) is 0 Å². The molecule has 0 aliphatic carbocycles. The second-order valence-corrected chi connectivity index (χ2v) is 4.04. The molecule has 3 N–H and O–H groups in total. The summed E-state index contributed by atoms with van der Waals surface area (Å²) in [5.74, 6) is -0.0505. The molecule has 0 fully saturated rings. The highest BCUT2D eigenvalue weighted by Crippen LogP contribution is 2.18. The van der Waals surface area contributed by atoms with Crippen molar-refractivity contribution in [1.29, 1.82) is 0 Å². The van der Waals surface area contributed by atoms with Gasteiger partial charge in [-0.25, -0.2) is 0 Å². The summed E-state index contributed by atoms with van der Waals surface area (Å²) in [6.07, 6.45) is 0. The molecule has 1 aliphatic heterocycles. The van der Waals surface area contributed by atoms with Crippen molar-refractivity contribution in [2.75, 3.05) is 6.54 Å². The molecular formula is C10H16N4O2. The lowest BCUT2D eigenvalue weighted by atomic mass is 10.2. The lowest BCUT2D eigenvalue weighted by Gasteiger charge is -2.33. The van der Waals surface area contributed by atoms with Crippen molar-refractivity contribution in [2.45, 2.75) is 32.7 Å². The minimum atomic E-state index is -0.0702. The first-order valence-corrected chi connectivity index (χ1v) is 5.31. The molecule has 88 valence electrons. The maximum absolute atomic E-state index is 11.6. The Hall–Kier alpha value is -1.40. The van der Waals surface area contributed by atoms with E-state index in [0.29, 0.717) is 18.8 Å². The molecular weight excluding hydrogens is 208 g/mol. The minimum absolute atomic E-state index is 0.0331. The van der Waals surface area contributed by atoms with Gasteiger partial charge in [0.1, 0.15) is 0 Å². The van der Waals surface area contributed by atoms with Crippen molar-refractivity contribution >= 4 is 5.91 Å². The smallest absolute Gasteiger partial charge is 0.236 e. The number of carbonyl (C=O) groups is 1. The van der Waals surface area contributed by atoms with Gasteiger partial charge in [0, 0.05) is 6.04 Å². The Morgan fingerprint density at radius 2 is 2.50 bits per heavy atom. The Balaban J connectivity index is 2.23. The first-order chi connectivity index (χ1) is 7.65. The monoisotopic (exact) mass is 224 g/mol. The number of hydrogen-bond donors (Lipinski definition) is 2. The van der Waals surface area contributed by atoms with E-state index >= 15 is 0 Å². The van der Waals surface area contributed by atoms with Crippen LogP contribution in [0.25, 0.3) is 0 Å². The Morgan fingerprint density at radius 3 is 3.12 bits per heavy atom. The average Bonchev–Trinajstić information content (AvgIpc) is 2.68. The molecule has 1 aromatic rings. The van der Waals surface area contributed by atoms with Crippen molar-refractivity contribution in [2.24, 2.45) is 5.73 Å². The van der Waals surface area contributed by atoms with E-state index in [1.165, 1.54) is 0 Å². The van der Waals surface area contributed by atoms with Gasteiger partial charge in [-0.1, -0.05) is 0 Å². The summed E-state index contributed by atoms with van der Waals surface area (Å²) >= 11 is 0. The van der Waals surface area contributed by atoms with E-state index in [4.69, 9.17) is 10.8 Å². The largest absolute Gasteiger partial charge is 0.390 e. The van der Waals surface area contributed by atoms with E-state index < -0.39 is 0 Å². The number of aliphatic hydroxyl groups excluding tert-OH is 1. The van der Waals surface area contributed by atoms with Crippen LogP contribution in [-0.2, 0) is 24.5 Å². The zero-order valence-electron chi connectivity index (χ0n) is 9.26. The van der Waals surface area contributed by atoms with Gasteiger partial charge in [-0.05, 0) is 13.0 Å². The molecule has 0 bridgehead atoms. The van der Waals surface area contributed by atoms with E-state index in [1.807, 2.05) is 17.7 Å². The molecule has 1 amide bonds. The molecule has 0 saturated heterocycles. The van der Waals surface area contributed by atoms with Gasteiger partial charge in [-0.3, -0.25) is 9.48 Å². The molecule has 0 spiro atoms. The lowest BCUT2D eigenvalue weighted by molar-refractivity contribution is -0.133. The van der Waals surface area contributed by atoms with Crippen LogP contribution in [0.1, 0.15) is 18.3 Å². The first kappa shape index (κ1) is 11.1. The highest BCUT2D eigenvalue weighted by molar-refractivity contribution is 5.78. The molecule has 6 heteroatoms. The minimum Gasteiger partial charge on any atom is -0.390 e. The summed E-state index contributed by atoms with van der Waals surface area (Å²) in [5, 5.41) is 13.2. The second-order valence-electron chi connectivity index (χ2n) is 4.04. The molecule has 1 atom stereocenters. The van der Waals surface area contributed by atoms with E-state index in [1.54, 1.807) is 4.90 Å². The number of hydrogen-bond acceptors (Lipinski definition) is 4. The molecule has 1 aliphatic rings. The fourth-order valence-electron chi connectivity index (χ4n) is 2.01. The standard InChI is InChI=1S/C10H16N4O2/c1-7-4-14-9(2-8(6-15)12-14)5-13(7)10(16)3-11/h2,7,15H,3-6,11H2,1H3/t7-/m1/s1. The number of aromatic nitrogens is 2. The highest BCUT2D eigenvalue weighted by Gasteiger charge is 2.26. The molecule has 0 unspecified atom stereocenters. The quantitative estimate of drug-likeness (QED) is 0.679. The van der Waals surface area contributed by atoms with E-state index in [-0.39, 0.29) is 25.1 Å². The van der Waals surface area contributed by atoms with Gasteiger partial charge in [0.2, 0.25) is 5.91 Å². The third-order valence-corrected chi connectivity index (χ3v) is 2.87. The van der Waals surface area contributed by atoms with Crippen LogP contribution in [-0.4, -0.2) is 38.3 Å². The molecule has 1 aromatic heterocycles. The van der Waals surface area contributed by atoms with Crippen LogP contribution < -0.4 is 5.73 Å². The van der Waals surface area contributed by atoms with Crippen molar-refractivity contribution in [1.82, 2.24) is 14.7 Å². The molecule has 6 nitrogen and oxygen atoms in total. The Kier molecular flexibility index (Phi) is 2.93. The maximum Gasteiger partial charge on any atom is 0.236 e. The average molecular weight is 224 g/mol. The number of nitrogens with two attached hydrogens (primary N) is 1. The van der Waals surface area contributed by atoms with Crippen LogP contribution in [0.4, 0.5) is 0 Å². The van der Waals surface area contributed by atoms with Crippen molar-refractivity contribution in [3.8, 4) is 0 Å². The fourth-order valence-corrected chi connectivity index (χ4v) is 2.01. The zero-order valence-corrected chi connectivity index (χ0v) is 9.26. The Bertz CT molecular complexity index is 402. The molecule has 0 aromatic carbocycles. The summed E-state index contributed by atoms with van der Waals surface area (Å²) in [6, 6.07) is 1.91. The fraction of sp³-hybridized carbons (Fsp3) is 0.600. The predicted molar refractivity (Wildman–Crippen MR) is 57.2 cm³/mol. The van der Waals surface area contributed by atoms with Crippen molar-refractivity contribution in [3.05, 3.63) is 17.5 Å². The van der Waals surface area contributed by atoms with Gasteiger partial charge >= 0.3 is 0 Å². The highest BCUT2D eigenvalue weighted by atomic mass is 16.3. The number of carbonyl (C=O) groups excluding carboxylic acids is 1. The van der Waals surface area contributed by atoms with Gasteiger partial charge < -0.3 is 15.7 Å². The summed E-state index contributed by atoms with van der Waals surface area (Å²) in [5.41, 5.74) is 6.95. The molecule has 16 heavy (non-hydrogen) atoms. The molecule has 0 radical (unpaired) electrons. The number of fused-ring (bicyclic) bond motifs is 1. The predicted octanol–water partition coefficient (Wildman–Crippen LogP) is -0.935. The SMILES string of the molecule is C[C@@H]1Cn2nc(CO)cc2CN1C(=O)CN. The van der Waals surface area contributed by atoms with Crippen molar-refractivity contribution < 1.29 is 9.90 Å².